The van der Waals surface area contributed by atoms with E-state index in [1.807, 2.05) is 6.07 Å². The van der Waals surface area contributed by atoms with Gasteiger partial charge in [-0.3, -0.25) is 0 Å². The molecule has 1 aromatic carbocycles. The number of carbonyl (C=O) groups is 1. The van der Waals surface area contributed by atoms with Crippen molar-refractivity contribution in [3.8, 4) is 11.8 Å². The minimum absolute atomic E-state index is 0.209. The van der Waals surface area contributed by atoms with E-state index in [1.165, 1.54) is 6.08 Å². The smallest absolute Gasteiger partial charge is 0.332 e. The fourth-order valence-corrected chi connectivity index (χ4v) is 1.35. The largest absolute Gasteiger partial charge is 0.497 e. The minimum atomic E-state index is -0.524. The number of carbonyl (C=O) groups excluding carboxylic acids is 1. The van der Waals surface area contributed by atoms with Crippen LogP contribution in [0.1, 0.15) is 19.4 Å². The lowest BCUT2D eigenvalue weighted by atomic mass is 10.1. The highest BCUT2D eigenvalue weighted by atomic mass is 16.5. The van der Waals surface area contributed by atoms with E-state index in [4.69, 9.17) is 14.7 Å². The van der Waals surface area contributed by atoms with E-state index in [0.29, 0.717) is 11.3 Å². The van der Waals surface area contributed by atoms with E-state index < -0.39 is 5.97 Å². The molecule has 0 spiro atoms. The van der Waals surface area contributed by atoms with Gasteiger partial charge in [-0.25, -0.2) is 4.79 Å². The molecule has 0 aliphatic heterocycles. The van der Waals surface area contributed by atoms with Gasteiger partial charge in [0.1, 0.15) is 11.8 Å². The average Bonchev–Trinajstić information content (AvgIpc) is 2.35. The van der Waals surface area contributed by atoms with Crippen molar-refractivity contribution in [1.29, 1.82) is 5.26 Å². The number of benzene rings is 1. The van der Waals surface area contributed by atoms with Gasteiger partial charge in [-0.05, 0) is 31.5 Å². The van der Waals surface area contributed by atoms with Crippen LogP contribution in [-0.2, 0) is 9.53 Å². The van der Waals surface area contributed by atoms with Gasteiger partial charge in [0, 0.05) is 6.08 Å². The molecule has 0 radical (unpaired) electrons. The highest BCUT2D eigenvalue weighted by molar-refractivity contribution is 5.95. The molecule has 94 valence electrons. The Morgan fingerprint density at radius 3 is 2.72 bits per heavy atom. The molecule has 0 unspecified atom stereocenters. The Morgan fingerprint density at radius 2 is 2.17 bits per heavy atom. The molecule has 4 heteroatoms. The number of hydrogen-bond acceptors (Lipinski definition) is 4. The van der Waals surface area contributed by atoms with Gasteiger partial charge < -0.3 is 9.47 Å². The second-order valence-electron chi connectivity index (χ2n) is 3.89. The third-order valence-corrected chi connectivity index (χ3v) is 2.12. The molecule has 1 aromatic rings. The van der Waals surface area contributed by atoms with Crippen LogP contribution in [0.4, 0.5) is 0 Å². The maximum absolute atomic E-state index is 11.5. The van der Waals surface area contributed by atoms with Gasteiger partial charge in [-0.1, -0.05) is 12.1 Å². The number of ether oxygens (including phenoxy) is 2. The number of allylic oxidation sites excluding steroid dienone is 1. The van der Waals surface area contributed by atoms with E-state index in [-0.39, 0.29) is 11.7 Å². The van der Waals surface area contributed by atoms with Crippen molar-refractivity contribution >= 4 is 11.5 Å². The molecule has 0 aliphatic carbocycles. The molecular formula is C14H15NO3. The van der Waals surface area contributed by atoms with E-state index >= 15 is 0 Å². The van der Waals surface area contributed by atoms with Crippen molar-refractivity contribution in [3.05, 3.63) is 35.9 Å². The molecule has 0 N–H and O–H groups in total. The summed E-state index contributed by atoms with van der Waals surface area (Å²) >= 11 is 0. The Balaban J connectivity index is 2.99. The fraction of sp³-hybridized carbons (Fsp3) is 0.286. The van der Waals surface area contributed by atoms with Crippen LogP contribution >= 0.6 is 0 Å². The molecule has 0 fully saturated rings. The first-order valence-electron chi connectivity index (χ1n) is 5.53. The minimum Gasteiger partial charge on any atom is -0.497 e. The molecule has 0 amide bonds. The number of nitriles is 1. The van der Waals surface area contributed by atoms with Crippen molar-refractivity contribution in [3.63, 3.8) is 0 Å². The van der Waals surface area contributed by atoms with Crippen LogP contribution in [0, 0.1) is 11.3 Å². The molecule has 0 aliphatic rings. The molecule has 18 heavy (non-hydrogen) atoms. The van der Waals surface area contributed by atoms with Crippen molar-refractivity contribution in [2.24, 2.45) is 0 Å². The molecule has 0 atom stereocenters. The van der Waals surface area contributed by atoms with Gasteiger partial charge in [-0.15, -0.1) is 0 Å². The summed E-state index contributed by atoms with van der Waals surface area (Å²) in [7, 11) is 1.54. The highest BCUT2D eigenvalue weighted by Gasteiger charge is 2.07. The lowest BCUT2D eigenvalue weighted by molar-refractivity contribution is -0.141. The number of esters is 1. The summed E-state index contributed by atoms with van der Waals surface area (Å²) in [6.07, 6.45) is 0.980. The number of methoxy groups -OCH3 is 1. The van der Waals surface area contributed by atoms with Gasteiger partial charge in [-0.2, -0.15) is 5.26 Å². The van der Waals surface area contributed by atoms with Gasteiger partial charge in [0.05, 0.1) is 18.8 Å². The van der Waals surface area contributed by atoms with Gasteiger partial charge in [0.25, 0.3) is 0 Å². The van der Waals surface area contributed by atoms with E-state index in [9.17, 15) is 4.79 Å². The predicted octanol–water partition coefficient (Wildman–Crippen LogP) is 2.55. The lowest BCUT2D eigenvalue weighted by Crippen LogP contribution is -2.09. The Kier molecular flexibility index (Phi) is 4.94. The molecule has 0 bridgehead atoms. The van der Waals surface area contributed by atoms with Crippen LogP contribution in [0.5, 0.6) is 5.75 Å². The normalized spacial score (nSPS) is 10.9. The quantitative estimate of drug-likeness (QED) is 0.464. The van der Waals surface area contributed by atoms with Crippen molar-refractivity contribution in [1.82, 2.24) is 0 Å². The Hall–Kier alpha value is -2.28. The van der Waals surface area contributed by atoms with Crippen LogP contribution in [0.3, 0.4) is 0 Å². The van der Waals surface area contributed by atoms with Gasteiger partial charge in [0.2, 0.25) is 0 Å². The first kappa shape index (κ1) is 13.8. The van der Waals surface area contributed by atoms with Crippen molar-refractivity contribution in [2.75, 3.05) is 7.11 Å². The zero-order valence-electron chi connectivity index (χ0n) is 10.6. The number of hydrogen-bond donors (Lipinski definition) is 0. The molecule has 1 rings (SSSR count). The summed E-state index contributed by atoms with van der Waals surface area (Å²) in [5.74, 6) is 0.107. The maximum Gasteiger partial charge on any atom is 0.332 e. The van der Waals surface area contributed by atoms with Crippen LogP contribution < -0.4 is 4.74 Å². The summed E-state index contributed by atoms with van der Waals surface area (Å²) in [6.45, 7) is 3.51. The Bertz CT molecular complexity index is 498. The predicted molar refractivity (Wildman–Crippen MR) is 67.8 cm³/mol. The second-order valence-corrected chi connectivity index (χ2v) is 3.89. The second kappa shape index (κ2) is 6.45. The van der Waals surface area contributed by atoms with Crippen molar-refractivity contribution in [2.45, 2.75) is 20.0 Å². The van der Waals surface area contributed by atoms with Crippen LogP contribution in [0.25, 0.3) is 5.57 Å². The maximum atomic E-state index is 11.5. The average molecular weight is 245 g/mol. The monoisotopic (exact) mass is 245 g/mol. The molecule has 4 nitrogen and oxygen atoms in total. The molecule has 0 saturated carbocycles. The van der Waals surface area contributed by atoms with Crippen molar-refractivity contribution < 1.29 is 14.3 Å². The van der Waals surface area contributed by atoms with Crippen LogP contribution in [0.15, 0.2) is 30.3 Å². The first-order valence-corrected chi connectivity index (χ1v) is 5.53. The lowest BCUT2D eigenvalue weighted by Gasteiger charge is -2.06. The summed E-state index contributed by atoms with van der Waals surface area (Å²) in [4.78, 5) is 11.5. The summed E-state index contributed by atoms with van der Waals surface area (Å²) in [5.41, 5.74) is 0.872. The topological polar surface area (TPSA) is 59.3 Å². The standard InChI is InChI=1S/C14H15NO3/c1-10(2)18-14(16)8-12(9-15)11-5-4-6-13(7-11)17-3/h4-8,10H,1-3H3. The molecule has 0 aromatic heterocycles. The molecule has 0 heterocycles. The zero-order valence-corrected chi connectivity index (χ0v) is 10.6. The van der Waals surface area contributed by atoms with E-state index in [0.717, 1.165) is 0 Å². The third kappa shape index (κ3) is 3.95. The highest BCUT2D eigenvalue weighted by Crippen LogP contribution is 2.19. The fourth-order valence-electron chi connectivity index (χ4n) is 1.35. The van der Waals surface area contributed by atoms with Gasteiger partial charge >= 0.3 is 5.97 Å². The Labute approximate surface area is 106 Å². The molecular weight excluding hydrogens is 230 g/mol. The summed E-state index contributed by atoms with van der Waals surface area (Å²) in [5, 5.41) is 9.06. The zero-order chi connectivity index (χ0) is 13.5. The van der Waals surface area contributed by atoms with Crippen LogP contribution in [0.2, 0.25) is 0 Å². The van der Waals surface area contributed by atoms with Crippen LogP contribution in [-0.4, -0.2) is 19.2 Å². The number of rotatable bonds is 4. The van der Waals surface area contributed by atoms with Gasteiger partial charge in [0.15, 0.2) is 0 Å². The number of nitrogens with zero attached hydrogens (tertiary/aromatic N) is 1. The molecule has 0 saturated heterocycles. The SMILES string of the molecule is COc1cccc(C(C#N)=CC(=O)OC(C)C)c1. The summed E-state index contributed by atoms with van der Waals surface area (Å²) < 4.78 is 10.0. The Morgan fingerprint density at radius 1 is 1.44 bits per heavy atom. The van der Waals surface area contributed by atoms with E-state index in [2.05, 4.69) is 0 Å². The first-order chi connectivity index (χ1) is 8.56. The third-order valence-electron chi connectivity index (χ3n) is 2.12. The summed E-state index contributed by atoms with van der Waals surface area (Å²) in [6, 6.07) is 8.93. The van der Waals surface area contributed by atoms with E-state index in [1.54, 1.807) is 45.2 Å².